The molecule has 0 radical (unpaired) electrons. The largest absolute Gasteiger partial charge is 0.491 e. The van der Waals surface area contributed by atoms with Gasteiger partial charge in [-0.05, 0) is 56.7 Å². The van der Waals surface area contributed by atoms with E-state index in [1.54, 1.807) is 13.1 Å². The lowest BCUT2D eigenvalue weighted by atomic mass is 10.0. The Labute approximate surface area is 145 Å². The van der Waals surface area contributed by atoms with Gasteiger partial charge in [0.15, 0.2) is 0 Å². The Bertz CT molecular complexity index is 642. The standard InChI is InChI=1S/C20H29N3O/c1-14(21)13-23-15(2)17(4)24-11-10-22-16(3)19-9-8-18-6-5-7-20(18)12-19/h8-9,12-13,16,22H,4-7,10-11,21H2,1-3H3/b14-13-,23-15?. The van der Waals surface area contributed by atoms with Crippen molar-refractivity contribution in [1.29, 1.82) is 0 Å². The van der Waals surface area contributed by atoms with Crippen molar-refractivity contribution >= 4 is 5.71 Å². The molecule has 0 saturated carbocycles. The Morgan fingerprint density at radius 2 is 2.12 bits per heavy atom. The molecule has 4 heteroatoms. The van der Waals surface area contributed by atoms with Gasteiger partial charge in [0.2, 0.25) is 0 Å². The van der Waals surface area contributed by atoms with E-state index >= 15 is 0 Å². The van der Waals surface area contributed by atoms with Gasteiger partial charge < -0.3 is 15.8 Å². The van der Waals surface area contributed by atoms with Gasteiger partial charge in [-0.15, -0.1) is 0 Å². The molecule has 1 aliphatic rings. The van der Waals surface area contributed by atoms with E-state index in [0.29, 0.717) is 24.1 Å². The second-order valence-electron chi connectivity index (χ2n) is 6.42. The fourth-order valence-electron chi connectivity index (χ4n) is 2.80. The number of benzene rings is 1. The van der Waals surface area contributed by atoms with E-state index in [0.717, 1.165) is 12.3 Å². The van der Waals surface area contributed by atoms with Crippen molar-refractivity contribution in [3.05, 3.63) is 59.1 Å². The maximum atomic E-state index is 5.64. The number of nitrogens with two attached hydrogens (primary N) is 1. The summed E-state index contributed by atoms with van der Waals surface area (Å²) in [6, 6.07) is 7.17. The average molecular weight is 327 g/mol. The first-order chi connectivity index (χ1) is 11.5. The molecule has 0 heterocycles. The lowest BCUT2D eigenvalue weighted by Gasteiger charge is -2.16. The topological polar surface area (TPSA) is 59.6 Å². The number of rotatable bonds is 8. The third-order valence-corrected chi connectivity index (χ3v) is 4.32. The Balaban J connectivity index is 1.75. The van der Waals surface area contributed by atoms with Crippen LogP contribution in [0.2, 0.25) is 0 Å². The molecule has 0 saturated heterocycles. The van der Waals surface area contributed by atoms with E-state index in [1.165, 1.54) is 36.0 Å². The zero-order valence-corrected chi connectivity index (χ0v) is 15.1. The van der Waals surface area contributed by atoms with Crippen LogP contribution < -0.4 is 11.1 Å². The minimum Gasteiger partial charge on any atom is -0.491 e. The Morgan fingerprint density at radius 1 is 1.38 bits per heavy atom. The highest BCUT2D eigenvalue weighted by Gasteiger charge is 2.13. The molecule has 3 N–H and O–H groups in total. The van der Waals surface area contributed by atoms with Crippen LogP contribution in [-0.4, -0.2) is 18.9 Å². The average Bonchev–Trinajstić information content (AvgIpc) is 3.03. The molecule has 1 aliphatic carbocycles. The molecule has 0 bridgehead atoms. The fourth-order valence-corrected chi connectivity index (χ4v) is 2.80. The van der Waals surface area contributed by atoms with E-state index in [4.69, 9.17) is 10.5 Å². The molecule has 1 unspecified atom stereocenters. The van der Waals surface area contributed by atoms with Crippen molar-refractivity contribution in [3.63, 3.8) is 0 Å². The van der Waals surface area contributed by atoms with Crippen molar-refractivity contribution in [2.75, 3.05) is 13.2 Å². The second-order valence-corrected chi connectivity index (χ2v) is 6.42. The summed E-state index contributed by atoms with van der Waals surface area (Å²) in [4.78, 5) is 4.20. The first kappa shape index (κ1) is 18.3. The van der Waals surface area contributed by atoms with Crippen LogP contribution in [0.5, 0.6) is 0 Å². The molecule has 0 aliphatic heterocycles. The molecular weight excluding hydrogens is 298 g/mol. The highest BCUT2D eigenvalue weighted by molar-refractivity contribution is 5.96. The molecule has 0 aromatic heterocycles. The summed E-state index contributed by atoms with van der Waals surface area (Å²) in [6.07, 6.45) is 5.34. The third kappa shape index (κ3) is 5.24. The van der Waals surface area contributed by atoms with Crippen molar-refractivity contribution < 1.29 is 4.74 Å². The molecule has 1 aromatic rings. The molecule has 24 heavy (non-hydrogen) atoms. The lowest BCUT2D eigenvalue weighted by Crippen LogP contribution is -2.23. The van der Waals surface area contributed by atoms with Crippen LogP contribution in [0.3, 0.4) is 0 Å². The Morgan fingerprint density at radius 3 is 2.88 bits per heavy atom. The van der Waals surface area contributed by atoms with Gasteiger partial charge in [0, 0.05) is 24.5 Å². The van der Waals surface area contributed by atoms with Crippen molar-refractivity contribution in [3.8, 4) is 0 Å². The Kier molecular flexibility index (Phi) is 6.62. The number of ether oxygens (including phenoxy) is 1. The molecule has 0 spiro atoms. The SMILES string of the molecule is C=C(OCCNC(C)c1ccc2c(c1)CCC2)C(C)=N/C=C(/C)N. The minimum atomic E-state index is 0.311. The summed E-state index contributed by atoms with van der Waals surface area (Å²) in [7, 11) is 0. The second kappa shape index (κ2) is 8.69. The van der Waals surface area contributed by atoms with Crippen LogP contribution in [0.4, 0.5) is 0 Å². The number of nitrogens with zero attached hydrogens (tertiary/aromatic N) is 1. The predicted octanol–water partition coefficient (Wildman–Crippen LogP) is 3.64. The van der Waals surface area contributed by atoms with E-state index in [9.17, 15) is 0 Å². The number of aryl methyl sites for hydroxylation is 2. The van der Waals surface area contributed by atoms with Gasteiger partial charge in [0.25, 0.3) is 0 Å². The third-order valence-electron chi connectivity index (χ3n) is 4.32. The van der Waals surface area contributed by atoms with E-state index < -0.39 is 0 Å². The molecule has 1 atom stereocenters. The van der Waals surface area contributed by atoms with Gasteiger partial charge in [0.05, 0.1) is 5.71 Å². The molecule has 4 nitrogen and oxygen atoms in total. The van der Waals surface area contributed by atoms with E-state index in [1.807, 2.05) is 6.92 Å². The first-order valence-corrected chi connectivity index (χ1v) is 8.61. The molecular formula is C20H29N3O. The Hall–Kier alpha value is -2.07. The quantitative estimate of drug-likeness (QED) is 0.435. The van der Waals surface area contributed by atoms with E-state index in [2.05, 4.69) is 42.0 Å². The monoisotopic (exact) mass is 327 g/mol. The first-order valence-electron chi connectivity index (χ1n) is 8.61. The van der Waals surface area contributed by atoms with Gasteiger partial charge >= 0.3 is 0 Å². The maximum Gasteiger partial charge on any atom is 0.133 e. The summed E-state index contributed by atoms with van der Waals surface area (Å²) in [5.41, 5.74) is 11.3. The van der Waals surface area contributed by atoms with Crippen LogP contribution in [0, 0.1) is 0 Å². The number of aliphatic imine (C=N–C) groups is 1. The van der Waals surface area contributed by atoms with Crippen molar-refractivity contribution in [2.45, 2.75) is 46.1 Å². The highest BCUT2D eigenvalue weighted by Crippen LogP contribution is 2.25. The van der Waals surface area contributed by atoms with Gasteiger partial charge in [-0.25, -0.2) is 0 Å². The number of hydrogen-bond acceptors (Lipinski definition) is 4. The summed E-state index contributed by atoms with van der Waals surface area (Å²) in [5, 5.41) is 3.50. The van der Waals surface area contributed by atoms with Gasteiger partial charge in [-0.2, -0.15) is 0 Å². The van der Waals surface area contributed by atoms with Crippen LogP contribution >= 0.6 is 0 Å². The molecule has 2 rings (SSSR count). The van der Waals surface area contributed by atoms with Crippen molar-refractivity contribution in [2.24, 2.45) is 10.7 Å². The number of hydrogen-bond donors (Lipinski definition) is 2. The zero-order valence-electron chi connectivity index (χ0n) is 15.1. The molecule has 1 aromatic carbocycles. The number of fused-ring (bicyclic) bond motifs is 1. The number of allylic oxidation sites excluding steroid dienone is 2. The minimum absolute atomic E-state index is 0.311. The maximum absolute atomic E-state index is 5.64. The molecule has 130 valence electrons. The summed E-state index contributed by atoms with van der Waals surface area (Å²) in [6.45, 7) is 11.1. The summed E-state index contributed by atoms with van der Waals surface area (Å²) in [5.74, 6) is 0.583. The fraction of sp³-hybridized carbons (Fsp3) is 0.450. The highest BCUT2D eigenvalue weighted by atomic mass is 16.5. The normalized spacial score (nSPS) is 16.0. The number of nitrogens with one attached hydrogen (secondary N) is 1. The smallest absolute Gasteiger partial charge is 0.133 e. The van der Waals surface area contributed by atoms with Gasteiger partial charge in [-0.1, -0.05) is 24.8 Å². The van der Waals surface area contributed by atoms with Crippen molar-refractivity contribution in [1.82, 2.24) is 5.32 Å². The summed E-state index contributed by atoms with van der Waals surface area (Å²) >= 11 is 0. The van der Waals surface area contributed by atoms with Crippen LogP contribution in [0.1, 0.15) is 49.9 Å². The van der Waals surface area contributed by atoms with Crippen LogP contribution in [0.15, 0.2) is 47.4 Å². The predicted molar refractivity (Wildman–Crippen MR) is 101 cm³/mol. The van der Waals surface area contributed by atoms with Gasteiger partial charge in [-0.3, -0.25) is 4.99 Å². The lowest BCUT2D eigenvalue weighted by molar-refractivity contribution is 0.228. The summed E-state index contributed by atoms with van der Waals surface area (Å²) < 4.78 is 5.64. The zero-order chi connectivity index (χ0) is 17.5. The molecule has 0 fully saturated rings. The molecule has 0 amide bonds. The van der Waals surface area contributed by atoms with E-state index in [-0.39, 0.29) is 0 Å². The van der Waals surface area contributed by atoms with Crippen LogP contribution in [0.25, 0.3) is 0 Å². The van der Waals surface area contributed by atoms with Crippen LogP contribution in [-0.2, 0) is 17.6 Å². The van der Waals surface area contributed by atoms with Gasteiger partial charge in [0.1, 0.15) is 12.4 Å².